The van der Waals surface area contributed by atoms with Crippen molar-refractivity contribution in [2.45, 2.75) is 6.92 Å². The van der Waals surface area contributed by atoms with E-state index in [1.807, 2.05) is 18.2 Å². The molecule has 1 heterocycles. The Morgan fingerprint density at radius 3 is 2.75 bits per heavy atom. The molecule has 3 rings (SSSR count). The van der Waals surface area contributed by atoms with E-state index in [-0.39, 0.29) is 0 Å². The molecule has 0 aliphatic rings. The number of hydrogen-bond acceptors (Lipinski definition) is 1. The van der Waals surface area contributed by atoms with Crippen molar-refractivity contribution < 1.29 is 4.42 Å². The summed E-state index contributed by atoms with van der Waals surface area (Å²) in [5.41, 5.74) is 2.94. The maximum Gasteiger partial charge on any atom is 0.137 e. The summed E-state index contributed by atoms with van der Waals surface area (Å²) in [4.78, 5) is 0. The van der Waals surface area contributed by atoms with E-state index in [0.29, 0.717) is 0 Å². The van der Waals surface area contributed by atoms with Crippen molar-refractivity contribution in [3.8, 4) is 0 Å². The molecular formula is C13H8ClIO. The molecule has 3 heteroatoms. The summed E-state index contributed by atoms with van der Waals surface area (Å²) >= 11 is 8.30. The van der Waals surface area contributed by atoms with Crippen LogP contribution in [0.3, 0.4) is 0 Å². The van der Waals surface area contributed by atoms with Gasteiger partial charge < -0.3 is 4.42 Å². The minimum absolute atomic E-state index is 0.721. The molecule has 0 radical (unpaired) electrons. The van der Waals surface area contributed by atoms with E-state index in [0.717, 1.165) is 32.5 Å². The van der Waals surface area contributed by atoms with E-state index >= 15 is 0 Å². The van der Waals surface area contributed by atoms with Crippen LogP contribution in [-0.2, 0) is 0 Å². The van der Waals surface area contributed by atoms with Gasteiger partial charge in [0.1, 0.15) is 11.2 Å². The summed E-state index contributed by atoms with van der Waals surface area (Å²) in [7, 11) is 0. The Bertz CT molecular complexity index is 700. The molecule has 0 aliphatic heterocycles. The van der Waals surface area contributed by atoms with Crippen molar-refractivity contribution in [3.05, 3.63) is 44.5 Å². The Morgan fingerprint density at radius 2 is 1.94 bits per heavy atom. The lowest BCUT2D eigenvalue weighted by atomic mass is 10.1. The molecule has 1 nitrogen and oxygen atoms in total. The van der Waals surface area contributed by atoms with Gasteiger partial charge in [-0.05, 0) is 59.3 Å². The molecule has 80 valence electrons. The van der Waals surface area contributed by atoms with Crippen molar-refractivity contribution in [2.75, 3.05) is 0 Å². The monoisotopic (exact) mass is 342 g/mol. The highest BCUT2D eigenvalue weighted by molar-refractivity contribution is 14.1. The fraction of sp³-hybridized carbons (Fsp3) is 0.0769. The van der Waals surface area contributed by atoms with Crippen LogP contribution in [0.25, 0.3) is 21.9 Å². The molecule has 0 fully saturated rings. The summed E-state index contributed by atoms with van der Waals surface area (Å²) in [5.74, 6) is 0. The average Bonchev–Trinajstić information content (AvgIpc) is 2.54. The summed E-state index contributed by atoms with van der Waals surface area (Å²) in [6, 6.07) is 10.1. The van der Waals surface area contributed by atoms with Crippen LogP contribution in [0.15, 0.2) is 34.7 Å². The second-order valence-electron chi connectivity index (χ2n) is 3.84. The van der Waals surface area contributed by atoms with Gasteiger partial charge in [0, 0.05) is 25.4 Å². The molecule has 0 aliphatic carbocycles. The van der Waals surface area contributed by atoms with E-state index in [9.17, 15) is 0 Å². The average molecular weight is 343 g/mol. The van der Waals surface area contributed by atoms with Crippen LogP contribution in [0.5, 0.6) is 0 Å². The van der Waals surface area contributed by atoms with Crippen LogP contribution in [-0.4, -0.2) is 0 Å². The lowest BCUT2D eigenvalue weighted by Gasteiger charge is -1.96. The fourth-order valence-corrected chi connectivity index (χ4v) is 2.77. The zero-order valence-corrected chi connectivity index (χ0v) is 11.5. The van der Waals surface area contributed by atoms with E-state index in [1.54, 1.807) is 0 Å². The normalized spacial score (nSPS) is 11.4. The minimum atomic E-state index is 0.721. The second kappa shape index (κ2) is 3.64. The Labute approximate surface area is 112 Å². The molecule has 0 saturated heterocycles. The van der Waals surface area contributed by atoms with Gasteiger partial charge in [-0.1, -0.05) is 11.6 Å². The number of benzene rings is 2. The maximum absolute atomic E-state index is 6.02. The van der Waals surface area contributed by atoms with Gasteiger partial charge >= 0.3 is 0 Å². The Hall–Kier alpha value is -0.740. The van der Waals surface area contributed by atoms with E-state index in [2.05, 4.69) is 41.6 Å². The van der Waals surface area contributed by atoms with Gasteiger partial charge in [-0.25, -0.2) is 0 Å². The topological polar surface area (TPSA) is 13.1 Å². The molecule has 2 aromatic carbocycles. The molecular weight excluding hydrogens is 334 g/mol. The van der Waals surface area contributed by atoms with Crippen LogP contribution < -0.4 is 0 Å². The number of hydrogen-bond donors (Lipinski definition) is 0. The van der Waals surface area contributed by atoms with Gasteiger partial charge in [-0.15, -0.1) is 0 Å². The zero-order chi connectivity index (χ0) is 11.3. The number of aryl methyl sites for hydroxylation is 1. The number of furan rings is 1. The Balaban J connectivity index is 2.56. The smallest absolute Gasteiger partial charge is 0.137 e. The Morgan fingerprint density at radius 1 is 1.12 bits per heavy atom. The van der Waals surface area contributed by atoms with Crippen LogP contribution in [0.4, 0.5) is 0 Å². The third-order valence-electron chi connectivity index (χ3n) is 2.70. The highest BCUT2D eigenvalue weighted by Crippen LogP contribution is 2.33. The number of rotatable bonds is 0. The highest BCUT2D eigenvalue weighted by Gasteiger charge is 2.10. The summed E-state index contributed by atoms with van der Waals surface area (Å²) < 4.78 is 6.98. The summed E-state index contributed by atoms with van der Waals surface area (Å²) in [6.45, 7) is 2.06. The van der Waals surface area contributed by atoms with Gasteiger partial charge in [-0.2, -0.15) is 0 Å². The SMILES string of the molecule is Cc1cc(Cl)cc2oc3cc(I)ccc3c12. The largest absolute Gasteiger partial charge is 0.456 e. The lowest BCUT2D eigenvalue weighted by molar-refractivity contribution is 0.668. The predicted molar refractivity (Wildman–Crippen MR) is 76.2 cm³/mol. The predicted octanol–water partition coefficient (Wildman–Crippen LogP) is 5.15. The molecule has 0 bridgehead atoms. The van der Waals surface area contributed by atoms with Crippen LogP contribution in [0, 0.1) is 10.5 Å². The van der Waals surface area contributed by atoms with Crippen molar-refractivity contribution in [1.82, 2.24) is 0 Å². The fourth-order valence-electron chi connectivity index (χ4n) is 2.04. The van der Waals surface area contributed by atoms with Crippen LogP contribution in [0.2, 0.25) is 5.02 Å². The Kier molecular flexibility index (Phi) is 2.37. The first kappa shape index (κ1) is 10.4. The quantitative estimate of drug-likeness (QED) is 0.515. The molecule has 3 aromatic rings. The standard InChI is InChI=1S/C13H8ClIO/c1-7-4-8(14)5-12-13(7)10-3-2-9(15)6-11(10)16-12/h2-6H,1H3. The first-order valence-electron chi connectivity index (χ1n) is 4.93. The molecule has 1 aromatic heterocycles. The van der Waals surface area contributed by atoms with E-state index in [4.69, 9.17) is 16.0 Å². The number of halogens is 2. The molecule has 0 N–H and O–H groups in total. The van der Waals surface area contributed by atoms with E-state index in [1.165, 1.54) is 3.57 Å². The van der Waals surface area contributed by atoms with Crippen LogP contribution in [0.1, 0.15) is 5.56 Å². The van der Waals surface area contributed by atoms with Crippen molar-refractivity contribution in [3.63, 3.8) is 0 Å². The maximum atomic E-state index is 6.02. The third kappa shape index (κ3) is 1.52. The molecule has 0 atom stereocenters. The first-order chi connectivity index (χ1) is 7.65. The van der Waals surface area contributed by atoms with Crippen LogP contribution >= 0.6 is 34.2 Å². The molecule has 0 saturated carbocycles. The van der Waals surface area contributed by atoms with Gasteiger partial charge in [0.25, 0.3) is 0 Å². The summed E-state index contributed by atoms with van der Waals surface area (Å²) in [6.07, 6.45) is 0. The first-order valence-corrected chi connectivity index (χ1v) is 6.39. The van der Waals surface area contributed by atoms with E-state index < -0.39 is 0 Å². The number of fused-ring (bicyclic) bond motifs is 3. The highest BCUT2D eigenvalue weighted by atomic mass is 127. The van der Waals surface area contributed by atoms with Gasteiger partial charge in [0.15, 0.2) is 0 Å². The summed E-state index contributed by atoms with van der Waals surface area (Å²) in [5, 5.41) is 3.04. The molecule has 0 spiro atoms. The van der Waals surface area contributed by atoms with Crippen molar-refractivity contribution in [2.24, 2.45) is 0 Å². The molecule has 0 amide bonds. The van der Waals surface area contributed by atoms with Crippen molar-refractivity contribution >= 4 is 56.1 Å². The van der Waals surface area contributed by atoms with Gasteiger partial charge in [0.05, 0.1) is 0 Å². The third-order valence-corrected chi connectivity index (χ3v) is 3.59. The van der Waals surface area contributed by atoms with Gasteiger partial charge in [0.2, 0.25) is 0 Å². The molecule has 16 heavy (non-hydrogen) atoms. The minimum Gasteiger partial charge on any atom is -0.456 e. The lowest BCUT2D eigenvalue weighted by Crippen LogP contribution is -1.75. The molecule has 0 unspecified atom stereocenters. The second-order valence-corrected chi connectivity index (χ2v) is 5.52. The van der Waals surface area contributed by atoms with Crippen molar-refractivity contribution in [1.29, 1.82) is 0 Å². The zero-order valence-electron chi connectivity index (χ0n) is 8.55. The van der Waals surface area contributed by atoms with Gasteiger partial charge in [-0.3, -0.25) is 0 Å².